The highest BCUT2D eigenvalue weighted by molar-refractivity contribution is 5.29. The van der Waals surface area contributed by atoms with Gasteiger partial charge in [-0.1, -0.05) is 12.1 Å². The second-order valence-electron chi connectivity index (χ2n) is 6.15. The number of piperidine rings is 1. The Kier molecular flexibility index (Phi) is 3.82. The normalized spacial score (nSPS) is 26.8. The second-order valence-corrected chi connectivity index (χ2v) is 6.15. The molecule has 1 heterocycles. The molecule has 2 N–H and O–H groups in total. The summed E-state index contributed by atoms with van der Waals surface area (Å²) in [4.78, 5) is 2.13. The number of aliphatic hydroxyl groups excluding tert-OH is 2. The molecule has 4 nitrogen and oxygen atoms in total. The van der Waals surface area contributed by atoms with Gasteiger partial charge in [-0.3, -0.25) is 4.90 Å². The van der Waals surface area contributed by atoms with Crippen LogP contribution < -0.4 is 4.74 Å². The SMILES string of the molecule is OCC1(CO)C2CN(Cc3cccc(OC(F)(F)F)c3)CC21. The quantitative estimate of drug-likeness (QED) is 0.866. The van der Waals surface area contributed by atoms with Crippen LogP contribution in [0.5, 0.6) is 5.75 Å². The molecule has 0 spiro atoms. The highest BCUT2D eigenvalue weighted by atomic mass is 19.4. The van der Waals surface area contributed by atoms with Crippen molar-refractivity contribution in [2.45, 2.75) is 12.9 Å². The summed E-state index contributed by atoms with van der Waals surface area (Å²) >= 11 is 0. The zero-order chi connectivity index (χ0) is 16.0. The molecule has 22 heavy (non-hydrogen) atoms. The largest absolute Gasteiger partial charge is 0.573 e. The molecule has 2 unspecified atom stereocenters. The third-order valence-electron chi connectivity index (χ3n) is 4.89. The van der Waals surface area contributed by atoms with E-state index < -0.39 is 6.36 Å². The Morgan fingerprint density at radius 2 is 1.82 bits per heavy atom. The van der Waals surface area contributed by atoms with E-state index in [1.807, 2.05) is 0 Å². The zero-order valence-corrected chi connectivity index (χ0v) is 11.9. The monoisotopic (exact) mass is 317 g/mol. The van der Waals surface area contributed by atoms with Gasteiger partial charge in [0, 0.05) is 25.0 Å². The number of fused-ring (bicyclic) bond motifs is 1. The molecular weight excluding hydrogens is 299 g/mol. The van der Waals surface area contributed by atoms with Gasteiger partial charge in [-0.05, 0) is 29.5 Å². The zero-order valence-electron chi connectivity index (χ0n) is 11.9. The number of rotatable bonds is 5. The Hall–Kier alpha value is -1.31. The van der Waals surface area contributed by atoms with Crippen LogP contribution in [0.3, 0.4) is 0 Å². The van der Waals surface area contributed by atoms with Crippen LogP contribution in [-0.2, 0) is 6.54 Å². The van der Waals surface area contributed by atoms with Crippen LogP contribution in [0.25, 0.3) is 0 Å². The van der Waals surface area contributed by atoms with Crippen LogP contribution in [0.4, 0.5) is 13.2 Å². The summed E-state index contributed by atoms with van der Waals surface area (Å²) in [5.74, 6) is 0.337. The lowest BCUT2D eigenvalue weighted by Crippen LogP contribution is -2.31. The van der Waals surface area contributed by atoms with Crippen molar-refractivity contribution in [1.82, 2.24) is 4.90 Å². The molecule has 0 amide bonds. The van der Waals surface area contributed by atoms with Gasteiger partial charge in [0.15, 0.2) is 0 Å². The van der Waals surface area contributed by atoms with Gasteiger partial charge < -0.3 is 14.9 Å². The number of aliphatic hydroxyl groups is 2. The van der Waals surface area contributed by atoms with Gasteiger partial charge in [-0.25, -0.2) is 0 Å². The second kappa shape index (κ2) is 5.40. The van der Waals surface area contributed by atoms with Crippen molar-refractivity contribution in [1.29, 1.82) is 0 Å². The molecule has 7 heteroatoms. The molecule has 1 aromatic carbocycles. The summed E-state index contributed by atoms with van der Waals surface area (Å²) in [6.45, 7) is 2.00. The number of halogens is 3. The van der Waals surface area contributed by atoms with Gasteiger partial charge in [0.05, 0.1) is 13.2 Å². The van der Waals surface area contributed by atoms with Gasteiger partial charge in [0.2, 0.25) is 0 Å². The average molecular weight is 317 g/mol. The topological polar surface area (TPSA) is 52.9 Å². The number of benzene rings is 1. The van der Waals surface area contributed by atoms with E-state index in [0.717, 1.165) is 18.7 Å². The van der Waals surface area contributed by atoms with Gasteiger partial charge >= 0.3 is 6.36 Å². The summed E-state index contributed by atoms with van der Waals surface area (Å²) in [7, 11) is 0. The number of likely N-dealkylation sites (tertiary alicyclic amines) is 1. The average Bonchev–Trinajstić information content (AvgIpc) is 2.81. The minimum atomic E-state index is -4.68. The first kappa shape index (κ1) is 15.6. The highest BCUT2D eigenvalue weighted by Gasteiger charge is 2.67. The molecule has 1 saturated carbocycles. The highest BCUT2D eigenvalue weighted by Crippen LogP contribution is 2.62. The molecule has 0 bridgehead atoms. The van der Waals surface area contributed by atoms with Gasteiger partial charge in [0.25, 0.3) is 0 Å². The predicted octanol–water partition coefficient (Wildman–Crippen LogP) is 1.62. The summed E-state index contributed by atoms with van der Waals surface area (Å²) in [6.07, 6.45) is -4.68. The Labute approximate surface area is 126 Å². The number of nitrogens with zero attached hydrogens (tertiary/aromatic N) is 1. The molecule has 0 aromatic heterocycles. The molecule has 3 rings (SSSR count). The smallest absolute Gasteiger partial charge is 0.406 e. The summed E-state index contributed by atoms with van der Waals surface area (Å²) < 4.78 is 40.6. The van der Waals surface area contributed by atoms with Crippen LogP contribution >= 0.6 is 0 Å². The number of hydrogen-bond donors (Lipinski definition) is 2. The van der Waals surface area contributed by atoms with Gasteiger partial charge in [-0.15, -0.1) is 13.2 Å². The first-order valence-corrected chi connectivity index (χ1v) is 7.17. The Morgan fingerprint density at radius 1 is 1.18 bits per heavy atom. The van der Waals surface area contributed by atoms with Crippen LogP contribution in [0.2, 0.25) is 0 Å². The molecule has 1 aliphatic carbocycles. The van der Waals surface area contributed by atoms with Crippen molar-refractivity contribution < 1.29 is 28.1 Å². The molecule has 2 fully saturated rings. The maximum atomic E-state index is 12.2. The third kappa shape index (κ3) is 2.80. The molecule has 0 radical (unpaired) electrons. The van der Waals surface area contributed by atoms with Crippen molar-refractivity contribution in [3.63, 3.8) is 0 Å². The van der Waals surface area contributed by atoms with Crippen LogP contribution in [0.1, 0.15) is 5.56 Å². The van der Waals surface area contributed by atoms with E-state index in [9.17, 15) is 23.4 Å². The summed E-state index contributed by atoms with van der Waals surface area (Å²) in [6, 6.07) is 5.97. The number of ether oxygens (including phenoxy) is 1. The fourth-order valence-corrected chi connectivity index (χ4v) is 3.67. The van der Waals surface area contributed by atoms with Crippen LogP contribution in [-0.4, -0.2) is 47.8 Å². The Morgan fingerprint density at radius 3 is 2.36 bits per heavy atom. The molecule has 1 aliphatic heterocycles. The van der Waals surface area contributed by atoms with Crippen molar-refractivity contribution >= 4 is 0 Å². The van der Waals surface area contributed by atoms with E-state index in [1.54, 1.807) is 12.1 Å². The van der Waals surface area contributed by atoms with E-state index in [2.05, 4.69) is 9.64 Å². The molecule has 1 saturated heterocycles. The molecule has 1 aromatic rings. The van der Waals surface area contributed by atoms with E-state index in [0.29, 0.717) is 6.54 Å². The molecule has 122 valence electrons. The lowest BCUT2D eigenvalue weighted by atomic mass is 10.0. The van der Waals surface area contributed by atoms with Crippen molar-refractivity contribution in [2.75, 3.05) is 26.3 Å². The molecule has 2 atom stereocenters. The fourth-order valence-electron chi connectivity index (χ4n) is 3.67. The maximum Gasteiger partial charge on any atom is 0.573 e. The number of hydrogen-bond acceptors (Lipinski definition) is 4. The minimum absolute atomic E-state index is 0.0123. The van der Waals surface area contributed by atoms with Crippen molar-refractivity contribution in [3.05, 3.63) is 29.8 Å². The lowest BCUT2D eigenvalue weighted by Gasteiger charge is -2.24. The van der Waals surface area contributed by atoms with Crippen LogP contribution in [0, 0.1) is 17.3 Å². The lowest BCUT2D eigenvalue weighted by molar-refractivity contribution is -0.274. The maximum absolute atomic E-state index is 12.2. The van der Waals surface area contributed by atoms with Gasteiger partial charge in [0.1, 0.15) is 5.75 Å². The van der Waals surface area contributed by atoms with E-state index in [-0.39, 0.29) is 36.2 Å². The van der Waals surface area contributed by atoms with E-state index in [1.165, 1.54) is 12.1 Å². The third-order valence-corrected chi connectivity index (χ3v) is 4.89. The Balaban J connectivity index is 1.59. The van der Waals surface area contributed by atoms with Crippen molar-refractivity contribution in [2.24, 2.45) is 17.3 Å². The molecule has 2 aliphatic rings. The predicted molar refractivity (Wildman–Crippen MR) is 72.0 cm³/mol. The molecular formula is C15H18F3NO3. The number of alkyl halides is 3. The standard InChI is InChI=1S/C15H18F3NO3/c16-15(17,18)22-11-3-1-2-10(4-11)5-19-6-12-13(7-19)14(12,8-20)9-21/h1-4,12-13,20-21H,5-9H2. The Bertz CT molecular complexity index is 531. The van der Waals surface area contributed by atoms with E-state index >= 15 is 0 Å². The van der Waals surface area contributed by atoms with Crippen LogP contribution in [0.15, 0.2) is 24.3 Å². The first-order valence-electron chi connectivity index (χ1n) is 7.17. The summed E-state index contributed by atoms with van der Waals surface area (Å²) in [5, 5.41) is 18.8. The van der Waals surface area contributed by atoms with E-state index in [4.69, 9.17) is 0 Å². The van der Waals surface area contributed by atoms with Gasteiger partial charge in [-0.2, -0.15) is 0 Å². The summed E-state index contributed by atoms with van der Waals surface area (Å²) in [5.41, 5.74) is 0.402. The fraction of sp³-hybridized carbons (Fsp3) is 0.600. The minimum Gasteiger partial charge on any atom is -0.406 e. The first-order chi connectivity index (χ1) is 10.4. The van der Waals surface area contributed by atoms with Crippen molar-refractivity contribution in [3.8, 4) is 5.75 Å².